The van der Waals surface area contributed by atoms with Crippen molar-refractivity contribution in [3.05, 3.63) is 29.2 Å². The second kappa shape index (κ2) is 5.25. The average molecular weight is 320 g/mol. The summed E-state index contributed by atoms with van der Waals surface area (Å²) >= 11 is 6.12. The topological polar surface area (TPSA) is 58.4 Å². The van der Waals surface area contributed by atoms with Crippen LogP contribution in [0, 0.1) is 5.92 Å². The van der Waals surface area contributed by atoms with E-state index in [0.29, 0.717) is 28.4 Å². The third-order valence-electron chi connectivity index (χ3n) is 5.11. The molecule has 5 heterocycles. The average Bonchev–Trinajstić information content (AvgIpc) is 3.00. The van der Waals surface area contributed by atoms with Gasteiger partial charge in [-0.2, -0.15) is 0 Å². The highest BCUT2D eigenvalue weighted by molar-refractivity contribution is 6.34. The predicted octanol–water partition coefficient (Wildman–Crippen LogP) is 2.69. The maximum Gasteiger partial charge on any atom is 0.270 e. The molecule has 2 aromatic rings. The molecule has 0 saturated carbocycles. The lowest BCUT2D eigenvalue weighted by molar-refractivity contribution is 0.0216. The highest BCUT2D eigenvalue weighted by Gasteiger charge is 2.40. The molecule has 0 aromatic carbocycles. The molecule has 0 radical (unpaired) electrons. The van der Waals surface area contributed by atoms with Gasteiger partial charge in [0.1, 0.15) is 16.4 Å². The molecule has 1 amide bonds. The monoisotopic (exact) mass is 319 g/mol. The minimum Gasteiger partial charge on any atom is -0.464 e. The summed E-state index contributed by atoms with van der Waals surface area (Å²) in [7, 11) is 0. The zero-order chi connectivity index (χ0) is 15.3. The van der Waals surface area contributed by atoms with E-state index in [-0.39, 0.29) is 11.9 Å². The third-order valence-corrected chi connectivity index (χ3v) is 5.40. The number of hydrogen-bond donors (Lipinski definition) is 1. The van der Waals surface area contributed by atoms with Gasteiger partial charge < -0.3 is 9.73 Å². The molecule has 2 atom stereocenters. The van der Waals surface area contributed by atoms with Crippen molar-refractivity contribution in [1.29, 1.82) is 0 Å². The Morgan fingerprint density at radius 3 is 2.95 bits per heavy atom. The molecule has 5 nitrogen and oxygen atoms in total. The quantitative estimate of drug-likeness (QED) is 0.865. The Bertz CT molecular complexity index is 719. The number of amides is 1. The Labute approximate surface area is 133 Å². The van der Waals surface area contributed by atoms with Crippen LogP contribution in [0.15, 0.2) is 22.8 Å². The molecule has 3 saturated heterocycles. The van der Waals surface area contributed by atoms with E-state index in [1.165, 1.54) is 0 Å². The van der Waals surface area contributed by atoms with Crippen LogP contribution in [0.3, 0.4) is 0 Å². The van der Waals surface area contributed by atoms with Crippen LogP contribution in [-0.2, 0) is 0 Å². The molecule has 3 fully saturated rings. The van der Waals surface area contributed by atoms with Gasteiger partial charge in [-0.05, 0) is 44.8 Å². The molecule has 0 spiro atoms. The SMILES string of the molecule is C[C@H]1[C@H](NC(=O)c2cc3occc3c(Cl)n2)C2CCN1CC2. The second-order valence-corrected chi connectivity index (χ2v) is 6.60. The maximum absolute atomic E-state index is 12.6. The largest absolute Gasteiger partial charge is 0.464 e. The number of nitrogens with zero attached hydrogens (tertiary/aromatic N) is 2. The number of hydrogen-bond acceptors (Lipinski definition) is 4. The fourth-order valence-corrected chi connectivity index (χ4v) is 4.06. The molecule has 22 heavy (non-hydrogen) atoms. The number of carbonyl (C=O) groups excluding carboxylic acids is 1. The Morgan fingerprint density at radius 1 is 1.45 bits per heavy atom. The van der Waals surface area contributed by atoms with Crippen molar-refractivity contribution in [2.75, 3.05) is 13.1 Å². The standard InChI is InChI=1S/C16H18ClN3O2/c1-9-14(10-2-5-20(9)6-3-10)19-16(21)12-8-13-11(4-7-22-13)15(17)18-12/h4,7-10,14H,2-3,5-6H2,1H3,(H,19,21)/t9-,14-/m0/s1. The van der Waals surface area contributed by atoms with Gasteiger partial charge in [-0.15, -0.1) is 0 Å². The maximum atomic E-state index is 12.6. The number of piperidine rings is 3. The van der Waals surface area contributed by atoms with Gasteiger partial charge in [0.15, 0.2) is 0 Å². The molecular formula is C16H18ClN3O2. The van der Waals surface area contributed by atoms with Crippen LogP contribution in [-0.4, -0.2) is 41.0 Å². The number of rotatable bonds is 2. The summed E-state index contributed by atoms with van der Waals surface area (Å²) in [4.78, 5) is 19.2. The third kappa shape index (κ3) is 2.20. The molecule has 116 valence electrons. The summed E-state index contributed by atoms with van der Waals surface area (Å²) in [6, 6.07) is 3.96. The van der Waals surface area contributed by atoms with Crippen LogP contribution in [0.2, 0.25) is 5.15 Å². The van der Waals surface area contributed by atoms with Crippen molar-refractivity contribution < 1.29 is 9.21 Å². The number of nitrogens with one attached hydrogen (secondary N) is 1. The number of aromatic nitrogens is 1. The van der Waals surface area contributed by atoms with Gasteiger partial charge in [0, 0.05) is 18.2 Å². The number of furan rings is 1. The summed E-state index contributed by atoms with van der Waals surface area (Å²) in [5.41, 5.74) is 0.906. The van der Waals surface area contributed by atoms with Gasteiger partial charge in [-0.1, -0.05) is 11.6 Å². The Morgan fingerprint density at radius 2 is 2.23 bits per heavy atom. The molecule has 1 N–H and O–H groups in total. The fraction of sp³-hybridized carbons (Fsp3) is 0.500. The minimum atomic E-state index is -0.175. The van der Waals surface area contributed by atoms with Crippen LogP contribution in [0.5, 0.6) is 0 Å². The minimum absolute atomic E-state index is 0.175. The van der Waals surface area contributed by atoms with E-state index >= 15 is 0 Å². The molecule has 3 aliphatic heterocycles. The van der Waals surface area contributed by atoms with Crippen molar-refractivity contribution in [3.63, 3.8) is 0 Å². The molecule has 6 heteroatoms. The summed E-state index contributed by atoms with van der Waals surface area (Å²) in [5, 5.41) is 4.19. The van der Waals surface area contributed by atoms with Crippen LogP contribution in [0.25, 0.3) is 11.0 Å². The van der Waals surface area contributed by atoms with E-state index in [1.54, 1.807) is 18.4 Å². The molecule has 0 aliphatic carbocycles. The van der Waals surface area contributed by atoms with E-state index in [1.807, 2.05) is 0 Å². The van der Waals surface area contributed by atoms with E-state index in [2.05, 4.69) is 22.1 Å². The van der Waals surface area contributed by atoms with E-state index < -0.39 is 0 Å². The van der Waals surface area contributed by atoms with Crippen LogP contribution >= 0.6 is 11.6 Å². The first-order valence-electron chi connectivity index (χ1n) is 7.72. The molecule has 2 bridgehead atoms. The molecule has 0 unspecified atom stereocenters. The van der Waals surface area contributed by atoms with Gasteiger partial charge in [-0.25, -0.2) is 4.98 Å². The Balaban J connectivity index is 1.58. The van der Waals surface area contributed by atoms with Crippen molar-refractivity contribution >= 4 is 28.5 Å². The fourth-order valence-electron chi connectivity index (χ4n) is 3.81. The van der Waals surface area contributed by atoms with Crippen molar-refractivity contribution in [2.45, 2.75) is 31.8 Å². The van der Waals surface area contributed by atoms with Crippen LogP contribution < -0.4 is 5.32 Å². The van der Waals surface area contributed by atoms with Gasteiger partial charge in [0.2, 0.25) is 0 Å². The van der Waals surface area contributed by atoms with Crippen molar-refractivity contribution in [1.82, 2.24) is 15.2 Å². The molecular weight excluding hydrogens is 302 g/mol. The summed E-state index contributed by atoms with van der Waals surface area (Å²) < 4.78 is 5.34. The molecule has 5 rings (SSSR count). The lowest BCUT2D eigenvalue weighted by Crippen LogP contribution is -2.62. The van der Waals surface area contributed by atoms with Crippen LogP contribution in [0.1, 0.15) is 30.3 Å². The van der Waals surface area contributed by atoms with E-state index in [9.17, 15) is 4.79 Å². The number of halogens is 1. The Kier molecular flexibility index (Phi) is 3.35. The van der Waals surface area contributed by atoms with Gasteiger partial charge in [0.05, 0.1) is 11.6 Å². The predicted molar refractivity (Wildman–Crippen MR) is 84.0 cm³/mol. The lowest BCUT2D eigenvalue weighted by atomic mass is 9.79. The first-order chi connectivity index (χ1) is 10.6. The number of pyridine rings is 1. The zero-order valence-corrected chi connectivity index (χ0v) is 13.1. The summed E-state index contributed by atoms with van der Waals surface area (Å²) in [6.45, 7) is 4.47. The zero-order valence-electron chi connectivity index (χ0n) is 12.4. The number of carbonyl (C=O) groups is 1. The summed E-state index contributed by atoms with van der Waals surface area (Å²) in [5.74, 6) is 0.387. The molecule has 3 aliphatic rings. The highest BCUT2D eigenvalue weighted by atomic mass is 35.5. The number of fused-ring (bicyclic) bond motifs is 4. The first kappa shape index (κ1) is 14.0. The van der Waals surface area contributed by atoms with Crippen LogP contribution in [0.4, 0.5) is 0 Å². The lowest BCUT2D eigenvalue weighted by Gasteiger charge is -2.49. The van der Waals surface area contributed by atoms with Gasteiger partial charge in [0.25, 0.3) is 5.91 Å². The normalized spacial score (nSPS) is 30.6. The first-order valence-corrected chi connectivity index (χ1v) is 8.10. The van der Waals surface area contributed by atoms with Gasteiger partial charge >= 0.3 is 0 Å². The Hall–Kier alpha value is -1.59. The molecule has 2 aromatic heterocycles. The van der Waals surface area contributed by atoms with Gasteiger partial charge in [-0.3, -0.25) is 9.69 Å². The van der Waals surface area contributed by atoms with Crippen molar-refractivity contribution in [2.24, 2.45) is 5.92 Å². The van der Waals surface area contributed by atoms with E-state index in [4.69, 9.17) is 16.0 Å². The van der Waals surface area contributed by atoms with Crippen molar-refractivity contribution in [3.8, 4) is 0 Å². The van der Waals surface area contributed by atoms with E-state index in [0.717, 1.165) is 31.3 Å². The second-order valence-electron chi connectivity index (χ2n) is 6.24. The summed E-state index contributed by atoms with van der Waals surface area (Å²) in [6.07, 6.45) is 3.86. The smallest absolute Gasteiger partial charge is 0.270 e. The highest BCUT2D eigenvalue weighted by Crippen LogP contribution is 2.32.